The van der Waals surface area contributed by atoms with E-state index in [9.17, 15) is 19.6 Å². The van der Waals surface area contributed by atoms with Gasteiger partial charge in [-0.2, -0.15) is 0 Å². The van der Waals surface area contributed by atoms with Gasteiger partial charge in [-0.25, -0.2) is 5.01 Å². The van der Waals surface area contributed by atoms with Gasteiger partial charge in [0.15, 0.2) is 0 Å². The van der Waals surface area contributed by atoms with Crippen LogP contribution < -0.4 is 15.6 Å². The zero-order valence-corrected chi connectivity index (χ0v) is 15.0. The minimum absolute atomic E-state index is 0.0805. The van der Waals surface area contributed by atoms with Gasteiger partial charge in [0.1, 0.15) is 11.8 Å². The van der Waals surface area contributed by atoms with Crippen LogP contribution in [0.3, 0.4) is 0 Å². The molecule has 3 N–H and O–H groups in total. The van der Waals surface area contributed by atoms with Crippen molar-refractivity contribution in [2.24, 2.45) is 5.29 Å². The van der Waals surface area contributed by atoms with Crippen LogP contribution in [-0.2, 0) is 16.0 Å². The third kappa shape index (κ3) is 6.43. The molecule has 2 aromatic rings. The zero-order chi connectivity index (χ0) is 19.6. The fraction of sp³-hybridized carbons (Fsp3) is 0.263. The van der Waals surface area contributed by atoms with E-state index in [-0.39, 0.29) is 30.7 Å². The highest BCUT2D eigenvalue weighted by molar-refractivity contribution is 5.87. The van der Waals surface area contributed by atoms with Crippen LogP contribution in [-0.4, -0.2) is 36.1 Å². The van der Waals surface area contributed by atoms with E-state index in [4.69, 9.17) is 0 Å². The molecule has 0 aliphatic carbocycles. The van der Waals surface area contributed by atoms with Crippen LogP contribution in [0, 0.1) is 4.91 Å². The number of benzene rings is 2. The standard InChI is InChI=1S/C19H22N4O4/c1-14(24)21-18(13-15-5-3-2-4-6-15)19(26)20-11-12-23(22-27)16-7-9-17(25)10-8-16/h2-10,18,25H,11-13H2,1H3,(H,20,26)(H,21,24)/t18-/m0/s1. The van der Waals surface area contributed by atoms with Gasteiger partial charge in [-0.3, -0.25) is 9.59 Å². The van der Waals surface area contributed by atoms with Crippen molar-refractivity contribution in [2.45, 2.75) is 19.4 Å². The number of hydrogen-bond acceptors (Lipinski definition) is 5. The summed E-state index contributed by atoms with van der Waals surface area (Å²) in [5, 5.41) is 18.7. The number of nitrogens with one attached hydrogen (secondary N) is 2. The van der Waals surface area contributed by atoms with Crippen molar-refractivity contribution in [3.05, 3.63) is 65.1 Å². The number of nitrogens with zero attached hydrogens (tertiary/aromatic N) is 2. The zero-order valence-electron chi connectivity index (χ0n) is 15.0. The van der Waals surface area contributed by atoms with Gasteiger partial charge in [0.2, 0.25) is 11.8 Å². The highest BCUT2D eigenvalue weighted by Crippen LogP contribution is 2.18. The van der Waals surface area contributed by atoms with Crippen molar-refractivity contribution in [1.29, 1.82) is 0 Å². The number of nitroso groups, excluding NO2 is 1. The van der Waals surface area contributed by atoms with E-state index in [0.29, 0.717) is 12.1 Å². The topological polar surface area (TPSA) is 111 Å². The van der Waals surface area contributed by atoms with E-state index in [2.05, 4.69) is 15.9 Å². The summed E-state index contributed by atoms with van der Waals surface area (Å²) >= 11 is 0. The first-order valence-electron chi connectivity index (χ1n) is 8.48. The Hall–Kier alpha value is -3.42. The molecule has 0 aromatic heterocycles. The van der Waals surface area contributed by atoms with E-state index in [1.54, 1.807) is 12.1 Å². The van der Waals surface area contributed by atoms with Crippen molar-refractivity contribution < 1.29 is 14.7 Å². The van der Waals surface area contributed by atoms with Crippen molar-refractivity contribution in [3.8, 4) is 5.75 Å². The number of phenolic OH excluding ortho intramolecular Hbond substituents is 1. The molecule has 0 saturated heterocycles. The fourth-order valence-electron chi connectivity index (χ4n) is 2.55. The van der Waals surface area contributed by atoms with Crippen molar-refractivity contribution in [2.75, 3.05) is 18.1 Å². The van der Waals surface area contributed by atoms with Crippen molar-refractivity contribution >= 4 is 17.5 Å². The normalized spacial score (nSPS) is 11.3. The lowest BCUT2D eigenvalue weighted by atomic mass is 10.1. The number of phenols is 1. The lowest BCUT2D eigenvalue weighted by molar-refractivity contribution is -0.128. The summed E-state index contributed by atoms with van der Waals surface area (Å²) in [5.74, 6) is -0.561. The second-order valence-corrected chi connectivity index (χ2v) is 5.96. The second-order valence-electron chi connectivity index (χ2n) is 5.96. The summed E-state index contributed by atoms with van der Waals surface area (Å²) < 4.78 is 0. The highest BCUT2D eigenvalue weighted by Gasteiger charge is 2.20. The summed E-state index contributed by atoms with van der Waals surface area (Å²) in [6.45, 7) is 1.67. The largest absolute Gasteiger partial charge is 0.508 e. The Morgan fingerprint density at radius 2 is 1.78 bits per heavy atom. The molecule has 0 saturated carbocycles. The first kappa shape index (κ1) is 19.9. The number of hydrogen-bond donors (Lipinski definition) is 3. The van der Waals surface area contributed by atoms with Crippen molar-refractivity contribution in [3.63, 3.8) is 0 Å². The average Bonchev–Trinajstić information content (AvgIpc) is 2.66. The highest BCUT2D eigenvalue weighted by atomic mass is 16.3. The Labute approximate surface area is 157 Å². The van der Waals surface area contributed by atoms with E-state index in [1.165, 1.54) is 24.1 Å². The smallest absolute Gasteiger partial charge is 0.242 e. The Kier molecular flexibility index (Phi) is 7.30. The van der Waals surface area contributed by atoms with Crippen molar-refractivity contribution in [1.82, 2.24) is 10.6 Å². The molecule has 8 nitrogen and oxygen atoms in total. The van der Waals surface area contributed by atoms with Crippen LogP contribution in [0.25, 0.3) is 0 Å². The monoisotopic (exact) mass is 370 g/mol. The van der Waals surface area contributed by atoms with Gasteiger partial charge in [0, 0.05) is 19.9 Å². The lowest BCUT2D eigenvalue weighted by Gasteiger charge is -2.19. The number of anilines is 1. The van der Waals surface area contributed by atoms with Crippen LogP contribution in [0.5, 0.6) is 5.75 Å². The molecular weight excluding hydrogens is 348 g/mol. The summed E-state index contributed by atoms with van der Waals surface area (Å²) in [5.41, 5.74) is 1.42. The fourth-order valence-corrected chi connectivity index (χ4v) is 2.55. The minimum atomic E-state index is -0.712. The molecular formula is C19H22N4O4. The van der Waals surface area contributed by atoms with Gasteiger partial charge in [0.25, 0.3) is 0 Å². The molecule has 0 unspecified atom stereocenters. The molecule has 2 rings (SSSR count). The van der Waals surface area contributed by atoms with Gasteiger partial charge in [-0.05, 0) is 29.8 Å². The summed E-state index contributed by atoms with van der Waals surface area (Å²) in [7, 11) is 0. The molecule has 0 radical (unpaired) electrons. The number of carbonyl (C=O) groups is 2. The Morgan fingerprint density at radius 3 is 2.37 bits per heavy atom. The molecule has 1 atom stereocenters. The number of amides is 2. The summed E-state index contributed by atoms with van der Waals surface area (Å²) in [6, 6.07) is 14.6. The lowest BCUT2D eigenvalue weighted by Crippen LogP contribution is -2.48. The second kappa shape index (κ2) is 9.91. The Bertz CT molecular complexity index is 765. The molecule has 2 amide bonds. The quantitative estimate of drug-likeness (QED) is 0.460. The Morgan fingerprint density at radius 1 is 1.11 bits per heavy atom. The molecule has 8 heteroatoms. The minimum Gasteiger partial charge on any atom is -0.508 e. The molecule has 142 valence electrons. The maximum Gasteiger partial charge on any atom is 0.242 e. The van der Waals surface area contributed by atoms with Crippen LogP contribution in [0.15, 0.2) is 59.9 Å². The van der Waals surface area contributed by atoms with Crippen LogP contribution >= 0.6 is 0 Å². The van der Waals surface area contributed by atoms with E-state index in [0.717, 1.165) is 5.56 Å². The van der Waals surface area contributed by atoms with Gasteiger partial charge < -0.3 is 15.7 Å². The predicted octanol–water partition coefficient (Wildman–Crippen LogP) is 1.74. The first-order valence-corrected chi connectivity index (χ1v) is 8.48. The van der Waals surface area contributed by atoms with Crippen LogP contribution in [0.4, 0.5) is 5.69 Å². The Balaban J connectivity index is 1.92. The number of aromatic hydroxyl groups is 1. The molecule has 0 aliphatic rings. The number of rotatable bonds is 9. The SMILES string of the molecule is CC(=O)N[C@@H](Cc1ccccc1)C(=O)NCCN(N=O)c1ccc(O)cc1. The van der Waals surface area contributed by atoms with Crippen LogP contribution in [0.1, 0.15) is 12.5 Å². The number of carbonyl (C=O) groups excluding carboxylic acids is 2. The van der Waals surface area contributed by atoms with E-state index >= 15 is 0 Å². The van der Waals surface area contributed by atoms with Crippen LogP contribution in [0.2, 0.25) is 0 Å². The average molecular weight is 370 g/mol. The molecule has 0 bridgehead atoms. The van der Waals surface area contributed by atoms with Gasteiger partial charge in [-0.1, -0.05) is 30.3 Å². The molecule has 0 fully saturated rings. The maximum atomic E-state index is 12.4. The maximum absolute atomic E-state index is 12.4. The third-order valence-corrected chi connectivity index (χ3v) is 3.85. The van der Waals surface area contributed by atoms with Gasteiger partial charge >= 0.3 is 0 Å². The summed E-state index contributed by atoms with van der Waals surface area (Å²) in [6.07, 6.45) is 0.361. The molecule has 0 spiro atoms. The van der Waals surface area contributed by atoms with Gasteiger partial charge in [0.05, 0.1) is 17.5 Å². The molecule has 2 aromatic carbocycles. The molecule has 27 heavy (non-hydrogen) atoms. The van der Waals surface area contributed by atoms with E-state index in [1.807, 2.05) is 30.3 Å². The molecule has 0 heterocycles. The first-order chi connectivity index (χ1) is 13.0. The van der Waals surface area contributed by atoms with Gasteiger partial charge in [-0.15, -0.1) is 4.91 Å². The van der Waals surface area contributed by atoms with E-state index < -0.39 is 6.04 Å². The summed E-state index contributed by atoms with van der Waals surface area (Å²) in [4.78, 5) is 34.9. The predicted molar refractivity (Wildman–Crippen MR) is 102 cm³/mol. The molecule has 0 aliphatic heterocycles. The third-order valence-electron chi connectivity index (χ3n) is 3.85.